The van der Waals surface area contributed by atoms with Crippen molar-refractivity contribution in [2.75, 3.05) is 7.11 Å². The maximum absolute atomic E-state index is 11.3. The van der Waals surface area contributed by atoms with Gasteiger partial charge >= 0.3 is 11.9 Å². The highest BCUT2D eigenvalue weighted by Crippen LogP contribution is 2.14. The van der Waals surface area contributed by atoms with Gasteiger partial charge in [-0.3, -0.25) is 4.79 Å². The van der Waals surface area contributed by atoms with Crippen molar-refractivity contribution in [1.29, 1.82) is 0 Å². The Balaban J connectivity index is 2.56. The lowest BCUT2D eigenvalue weighted by atomic mass is 10.2. The molecule has 0 unspecified atom stereocenters. The quantitative estimate of drug-likeness (QED) is 0.580. The van der Waals surface area contributed by atoms with Crippen molar-refractivity contribution in [2.45, 2.75) is 19.3 Å². The molecule has 0 heterocycles. The van der Waals surface area contributed by atoms with Crippen molar-refractivity contribution in [3.8, 4) is 5.75 Å². The molecule has 1 rings (SSSR count). The topological polar surface area (TPSA) is 52.6 Å². The zero-order chi connectivity index (χ0) is 12.7. The van der Waals surface area contributed by atoms with Crippen molar-refractivity contribution in [1.82, 2.24) is 0 Å². The van der Waals surface area contributed by atoms with Crippen molar-refractivity contribution in [2.24, 2.45) is 0 Å². The van der Waals surface area contributed by atoms with Crippen LogP contribution in [0.4, 0.5) is 0 Å². The summed E-state index contributed by atoms with van der Waals surface area (Å²) in [7, 11) is 1.31. The zero-order valence-corrected chi connectivity index (χ0v) is 9.77. The molecule has 0 fully saturated rings. The Kier molecular flexibility index (Phi) is 5.20. The summed E-state index contributed by atoms with van der Waals surface area (Å²) in [6.45, 7) is 3.65. The van der Waals surface area contributed by atoms with Crippen LogP contribution in [0.25, 0.3) is 0 Å². The monoisotopic (exact) mass is 235 g/mol. The van der Waals surface area contributed by atoms with E-state index in [0.29, 0.717) is 30.6 Å². The van der Waals surface area contributed by atoms with Crippen LogP contribution in [0.3, 0.4) is 0 Å². The number of benzene rings is 1. The second kappa shape index (κ2) is 6.68. The van der Waals surface area contributed by atoms with Gasteiger partial charge in [-0.05, 0) is 30.7 Å². The Bertz CT molecular complexity index is 381. The van der Waals surface area contributed by atoms with Gasteiger partial charge in [0.25, 0.3) is 0 Å². The minimum atomic E-state index is -0.417. The van der Waals surface area contributed by atoms with Crippen LogP contribution in [0.1, 0.15) is 29.6 Å². The molecule has 0 aliphatic rings. The fraction of sp³-hybridized carbons (Fsp3) is 0.308. The second-order valence-electron chi connectivity index (χ2n) is 3.45. The van der Waals surface area contributed by atoms with Gasteiger partial charge in [0.2, 0.25) is 0 Å². The van der Waals surface area contributed by atoms with Crippen molar-refractivity contribution in [3.05, 3.63) is 36.8 Å². The normalized spacial score (nSPS) is 9.76. The molecule has 0 bridgehead atoms. The lowest BCUT2D eigenvalue weighted by Gasteiger charge is -2.04. The molecule has 4 heteroatoms. The first-order valence-electron chi connectivity index (χ1n) is 5.35. The fourth-order valence-corrected chi connectivity index (χ4v) is 1.23. The van der Waals surface area contributed by atoms with Crippen molar-refractivity contribution >= 4 is 11.9 Å². The summed E-state index contributed by atoms with van der Waals surface area (Å²) in [5.41, 5.74) is 0.421. The van der Waals surface area contributed by atoms with E-state index in [1.54, 1.807) is 24.3 Å². The molecule has 0 aliphatic heterocycles. The molecule has 0 spiro atoms. The molecule has 91 valence electrons. The van der Waals surface area contributed by atoms with Gasteiger partial charge in [-0.25, -0.2) is 4.79 Å². The van der Waals surface area contributed by atoms with Gasteiger partial charge in [0, 0.05) is 6.42 Å². The lowest BCUT2D eigenvalue weighted by Crippen LogP contribution is -2.07. The van der Waals surface area contributed by atoms with Crippen LogP contribution in [0.5, 0.6) is 5.75 Å². The van der Waals surface area contributed by atoms with E-state index in [9.17, 15) is 9.59 Å². The van der Waals surface area contributed by atoms with Crippen LogP contribution < -0.4 is 4.74 Å². The molecular formula is C13H15O4. The molecule has 0 saturated carbocycles. The molecule has 17 heavy (non-hydrogen) atoms. The van der Waals surface area contributed by atoms with Crippen molar-refractivity contribution < 1.29 is 19.1 Å². The molecule has 0 atom stereocenters. The third-order valence-corrected chi connectivity index (χ3v) is 2.14. The number of carbonyl (C=O) groups excluding carboxylic acids is 2. The second-order valence-corrected chi connectivity index (χ2v) is 3.45. The van der Waals surface area contributed by atoms with E-state index in [0.717, 1.165) is 0 Å². The Morgan fingerprint density at radius 2 is 1.88 bits per heavy atom. The Morgan fingerprint density at radius 3 is 2.41 bits per heavy atom. The van der Waals surface area contributed by atoms with Crippen molar-refractivity contribution in [3.63, 3.8) is 0 Å². The van der Waals surface area contributed by atoms with Gasteiger partial charge in [-0.2, -0.15) is 0 Å². The number of rotatable bonds is 5. The van der Waals surface area contributed by atoms with Gasteiger partial charge in [0.15, 0.2) is 0 Å². The molecule has 1 aromatic carbocycles. The molecule has 0 saturated heterocycles. The molecule has 1 radical (unpaired) electrons. The van der Waals surface area contributed by atoms with Crippen LogP contribution in [0, 0.1) is 6.92 Å². The van der Waals surface area contributed by atoms with E-state index in [-0.39, 0.29) is 5.97 Å². The van der Waals surface area contributed by atoms with Gasteiger partial charge in [-0.1, -0.05) is 13.3 Å². The lowest BCUT2D eigenvalue weighted by molar-refractivity contribution is -0.134. The first-order chi connectivity index (χ1) is 8.17. The summed E-state index contributed by atoms with van der Waals surface area (Å²) < 4.78 is 9.62. The predicted molar refractivity (Wildman–Crippen MR) is 62.6 cm³/mol. The minimum absolute atomic E-state index is 0.292. The molecule has 1 aromatic rings. The standard InChI is InChI=1S/C13H15O4/c1-3-4-5-12(14)17-11-8-6-10(7-9-11)13(15)16-2/h6-9H,1,3-5H2,2H3. The maximum Gasteiger partial charge on any atom is 0.337 e. The van der Waals surface area contributed by atoms with Crippen LogP contribution in [-0.4, -0.2) is 19.0 Å². The first-order valence-corrected chi connectivity index (χ1v) is 5.35. The fourth-order valence-electron chi connectivity index (χ4n) is 1.23. The number of ether oxygens (including phenoxy) is 2. The average Bonchev–Trinajstić information content (AvgIpc) is 2.36. The first kappa shape index (κ1) is 13.2. The molecule has 0 N–H and O–H groups in total. The maximum atomic E-state index is 11.3. The summed E-state index contributed by atoms with van der Waals surface area (Å²) in [6, 6.07) is 6.23. The summed E-state index contributed by atoms with van der Waals surface area (Å²) in [6.07, 6.45) is 1.76. The summed E-state index contributed by atoms with van der Waals surface area (Å²) in [5, 5.41) is 0. The average molecular weight is 235 g/mol. The van der Waals surface area contributed by atoms with E-state index >= 15 is 0 Å². The molecule has 0 amide bonds. The van der Waals surface area contributed by atoms with E-state index in [1.807, 2.05) is 0 Å². The highest BCUT2D eigenvalue weighted by molar-refractivity contribution is 5.89. The van der Waals surface area contributed by atoms with Gasteiger partial charge in [0.05, 0.1) is 12.7 Å². The molecule has 4 nitrogen and oxygen atoms in total. The van der Waals surface area contributed by atoms with Gasteiger partial charge < -0.3 is 9.47 Å². The zero-order valence-electron chi connectivity index (χ0n) is 9.77. The predicted octanol–water partition coefficient (Wildman–Crippen LogP) is 2.38. The summed E-state index contributed by atoms with van der Waals surface area (Å²) in [5.74, 6) is -0.286. The Labute approximate surface area is 101 Å². The third-order valence-electron chi connectivity index (χ3n) is 2.14. The van der Waals surface area contributed by atoms with Gasteiger partial charge in [0.1, 0.15) is 5.75 Å². The molecule has 0 aromatic heterocycles. The Morgan fingerprint density at radius 1 is 1.24 bits per heavy atom. The van der Waals surface area contributed by atoms with E-state index in [4.69, 9.17) is 4.74 Å². The van der Waals surface area contributed by atoms with E-state index in [2.05, 4.69) is 11.7 Å². The molecule has 0 aliphatic carbocycles. The number of hydrogen-bond acceptors (Lipinski definition) is 4. The largest absolute Gasteiger partial charge is 0.465 e. The number of unbranched alkanes of at least 4 members (excludes halogenated alkanes) is 1. The van der Waals surface area contributed by atoms with Crippen LogP contribution in [-0.2, 0) is 9.53 Å². The number of carbonyl (C=O) groups is 2. The van der Waals surface area contributed by atoms with Crippen LogP contribution in [0.2, 0.25) is 0 Å². The third kappa shape index (κ3) is 4.26. The number of hydrogen-bond donors (Lipinski definition) is 0. The highest BCUT2D eigenvalue weighted by atomic mass is 16.5. The minimum Gasteiger partial charge on any atom is -0.465 e. The smallest absolute Gasteiger partial charge is 0.337 e. The number of esters is 2. The summed E-state index contributed by atoms with van der Waals surface area (Å²) in [4.78, 5) is 22.5. The van der Waals surface area contributed by atoms with Crippen LogP contribution >= 0.6 is 0 Å². The van der Waals surface area contributed by atoms with Crippen LogP contribution in [0.15, 0.2) is 24.3 Å². The number of methoxy groups -OCH3 is 1. The summed E-state index contributed by atoms with van der Waals surface area (Å²) >= 11 is 0. The van der Waals surface area contributed by atoms with E-state index in [1.165, 1.54) is 7.11 Å². The SMILES string of the molecule is [CH2]CCCC(=O)Oc1ccc(C(=O)OC)cc1. The van der Waals surface area contributed by atoms with E-state index < -0.39 is 5.97 Å². The van der Waals surface area contributed by atoms with Gasteiger partial charge in [-0.15, -0.1) is 0 Å². The Hall–Kier alpha value is -1.84. The molecular weight excluding hydrogens is 220 g/mol. The highest BCUT2D eigenvalue weighted by Gasteiger charge is 2.07.